The van der Waals surface area contributed by atoms with Gasteiger partial charge in [-0.05, 0) is 38.5 Å². The zero-order chi connectivity index (χ0) is 10.1. The van der Waals surface area contributed by atoms with Crippen LogP contribution in [0.25, 0.3) is 0 Å². The van der Waals surface area contributed by atoms with E-state index in [1.165, 1.54) is 12.8 Å². The van der Waals surface area contributed by atoms with Crippen LogP contribution in [-0.4, -0.2) is 20.2 Å². The van der Waals surface area contributed by atoms with Crippen molar-refractivity contribution < 1.29 is 8.42 Å². The average molecular weight is 205 g/mol. The minimum atomic E-state index is -3.05. The highest BCUT2D eigenvalue weighted by atomic mass is 32.2. The van der Waals surface area contributed by atoms with E-state index in [-0.39, 0.29) is 5.25 Å². The molecule has 1 saturated carbocycles. The van der Waals surface area contributed by atoms with E-state index in [4.69, 9.17) is 0 Å². The second kappa shape index (κ2) is 3.96. The van der Waals surface area contributed by atoms with Crippen LogP contribution in [0.15, 0.2) is 0 Å². The highest BCUT2D eigenvalue weighted by Gasteiger charge is 2.28. The summed E-state index contributed by atoms with van der Waals surface area (Å²) in [4.78, 5) is 0. The summed E-state index contributed by atoms with van der Waals surface area (Å²) in [6, 6.07) is 0. The van der Waals surface area contributed by atoms with Crippen LogP contribution in [0, 0.1) is 11.8 Å². The lowest BCUT2D eigenvalue weighted by atomic mass is 10.1. The molecule has 0 aromatic heterocycles. The van der Waals surface area contributed by atoms with Crippen molar-refractivity contribution in [2.45, 2.75) is 38.9 Å². The van der Waals surface area contributed by atoms with Crippen molar-refractivity contribution in [1.29, 1.82) is 0 Å². The van der Waals surface area contributed by atoms with E-state index in [9.17, 15) is 8.42 Å². The predicted molar refractivity (Wildman–Crippen MR) is 53.9 cm³/mol. The molecule has 1 N–H and O–H groups in total. The summed E-state index contributed by atoms with van der Waals surface area (Å²) < 4.78 is 25.4. The third kappa shape index (κ3) is 3.27. The zero-order valence-corrected chi connectivity index (χ0v) is 9.39. The van der Waals surface area contributed by atoms with Crippen LogP contribution in [0.1, 0.15) is 33.6 Å². The van der Waals surface area contributed by atoms with Gasteiger partial charge >= 0.3 is 0 Å². The Kier molecular flexibility index (Phi) is 3.35. The number of rotatable bonds is 5. The minimum Gasteiger partial charge on any atom is -0.215 e. The Hall–Kier alpha value is -0.0900. The molecule has 0 amide bonds. The molecule has 0 aromatic rings. The smallest absolute Gasteiger partial charge is 0.213 e. The fraction of sp³-hybridized carbons (Fsp3) is 1.00. The van der Waals surface area contributed by atoms with E-state index in [0.29, 0.717) is 12.5 Å². The van der Waals surface area contributed by atoms with Gasteiger partial charge in [0.1, 0.15) is 0 Å². The molecule has 1 fully saturated rings. The number of hydrogen-bond acceptors (Lipinski definition) is 2. The van der Waals surface area contributed by atoms with Crippen molar-refractivity contribution in [2.75, 3.05) is 6.54 Å². The largest absolute Gasteiger partial charge is 0.215 e. The van der Waals surface area contributed by atoms with Gasteiger partial charge in [-0.15, -0.1) is 0 Å². The molecular weight excluding hydrogens is 186 g/mol. The summed E-state index contributed by atoms with van der Waals surface area (Å²) in [5.41, 5.74) is 0. The predicted octanol–water partition coefficient (Wildman–Crippen LogP) is 1.36. The van der Waals surface area contributed by atoms with Crippen molar-refractivity contribution >= 4 is 10.0 Å². The standard InChI is InChI=1S/C9H19NO2S/c1-7(2)13(11,12)10-6-8(3)9-4-5-9/h7-10H,4-6H2,1-3H3. The van der Waals surface area contributed by atoms with E-state index >= 15 is 0 Å². The summed E-state index contributed by atoms with van der Waals surface area (Å²) in [5.74, 6) is 1.25. The molecule has 4 heteroatoms. The van der Waals surface area contributed by atoms with Crippen LogP contribution in [0.3, 0.4) is 0 Å². The van der Waals surface area contributed by atoms with Crippen LogP contribution >= 0.6 is 0 Å². The first-order valence-electron chi connectivity index (χ1n) is 4.92. The first-order valence-corrected chi connectivity index (χ1v) is 6.46. The van der Waals surface area contributed by atoms with Gasteiger partial charge in [0.2, 0.25) is 10.0 Å². The topological polar surface area (TPSA) is 46.2 Å². The van der Waals surface area contributed by atoms with Gasteiger partial charge < -0.3 is 0 Å². The monoisotopic (exact) mass is 205 g/mol. The zero-order valence-electron chi connectivity index (χ0n) is 8.58. The SMILES string of the molecule is CC(CNS(=O)(=O)C(C)C)C1CC1. The number of hydrogen-bond donors (Lipinski definition) is 1. The van der Waals surface area contributed by atoms with Gasteiger partial charge in [0, 0.05) is 6.54 Å². The Balaban J connectivity index is 2.32. The molecule has 1 aliphatic carbocycles. The first kappa shape index (κ1) is 11.0. The normalized spacial score (nSPS) is 20.6. The second-order valence-electron chi connectivity index (χ2n) is 4.26. The van der Waals surface area contributed by atoms with Gasteiger partial charge in [0.25, 0.3) is 0 Å². The Morgan fingerprint density at radius 1 is 1.31 bits per heavy atom. The third-order valence-corrected chi connectivity index (χ3v) is 4.46. The van der Waals surface area contributed by atoms with Crippen LogP contribution in [0.4, 0.5) is 0 Å². The summed E-state index contributed by atoms with van der Waals surface area (Å²) in [6.45, 7) is 6.11. The van der Waals surface area contributed by atoms with E-state index in [0.717, 1.165) is 5.92 Å². The molecule has 0 radical (unpaired) electrons. The molecule has 0 heterocycles. The van der Waals surface area contributed by atoms with Gasteiger partial charge in [-0.3, -0.25) is 0 Å². The molecule has 3 nitrogen and oxygen atoms in total. The molecule has 78 valence electrons. The van der Waals surface area contributed by atoms with Crippen molar-refractivity contribution in [3.8, 4) is 0 Å². The summed E-state index contributed by atoms with van der Waals surface area (Å²) in [6.07, 6.45) is 2.54. The molecule has 0 bridgehead atoms. The van der Waals surface area contributed by atoms with Gasteiger partial charge in [-0.25, -0.2) is 13.1 Å². The van der Waals surface area contributed by atoms with Crippen LogP contribution in [0.2, 0.25) is 0 Å². The van der Waals surface area contributed by atoms with Crippen molar-refractivity contribution in [2.24, 2.45) is 11.8 Å². The van der Waals surface area contributed by atoms with Crippen molar-refractivity contribution in [3.63, 3.8) is 0 Å². The lowest BCUT2D eigenvalue weighted by molar-refractivity contribution is 0.489. The number of nitrogens with one attached hydrogen (secondary N) is 1. The minimum absolute atomic E-state index is 0.320. The maximum Gasteiger partial charge on any atom is 0.213 e. The van der Waals surface area contributed by atoms with Gasteiger partial charge in [0.15, 0.2) is 0 Å². The van der Waals surface area contributed by atoms with E-state index in [2.05, 4.69) is 11.6 Å². The maximum absolute atomic E-state index is 11.4. The van der Waals surface area contributed by atoms with Crippen LogP contribution < -0.4 is 4.72 Å². The van der Waals surface area contributed by atoms with Gasteiger partial charge in [-0.2, -0.15) is 0 Å². The average Bonchev–Trinajstić information content (AvgIpc) is 2.82. The highest BCUT2D eigenvalue weighted by molar-refractivity contribution is 7.90. The molecule has 0 saturated heterocycles. The van der Waals surface area contributed by atoms with Gasteiger partial charge in [-0.1, -0.05) is 6.92 Å². The van der Waals surface area contributed by atoms with Crippen molar-refractivity contribution in [3.05, 3.63) is 0 Å². The Labute approximate surface area is 81.0 Å². The Morgan fingerprint density at radius 3 is 2.23 bits per heavy atom. The van der Waals surface area contributed by atoms with E-state index < -0.39 is 10.0 Å². The molecule has 0 aliphatic heterocycles. The van der Waals surface area contributed by atoms with Crippen LogP contribution in [-0.2, 0) is 10.0 Å². The highest BCUT2D eigenvalue weighted by Crippen LogP contribution is 2.36. The molecular formula is C9H19NO2S. The molecule has 13 heavy (non-hydrogen) atoms. The molecule has 1 unspecified atom stereocenters. The van der Waals surface area contributed by atoms with E-state index in [1.54, 1.807) is 13.8 Å². The van der Waals surface area contributed by atoms with Crippen molar-refractivity contribution in [1.82, 2.24) is 4.72 Å². The molecule has 1 aliphatic rings. The molecule has 1 rings (SSSR count). The van der Waals surface area contributed by atoms with E-state index in [1.807, 2.05) is 0 Å². The summed E-state index contributed by atoms with van der Waals surface area (Å²) in [7, 11) is -3.05. The molecule has 0 aromatic carbocycles. The fourth-order valence-corrected chi connectivity index (χ4v) is 2.07. The van der Waals surface area contributed by atoms with Crippen LogP contribution in [0.5, 0.6) is 0 Å². The lowest BCUT2D eigenvalue weighted by Crippen LogP contribution is -2.34. The second-order valence-corrected chi connectivity index (χ2v) is 6.58. The number of sulfonamides is 1. The molecule has 0 spiro atoms. The third-order valence-electron chi connectivity index (χ3n) is 2.65. The Morgan fingerprint density at radius 2 is 1.85 bits per heavy atom. The molecule has 1 atom stereocenters. The lowest BCUT2D eigenvalue weighted by Gasteiger charge is -2.13. The quantitative estimate of drug-likeness (QED) is 0.736. The Bertz CT molecular complexity index is 255. The summed E-state index contributed by atoms with van der Waals surface area (Å²) >= 11 is 0. The fourth-order valence-electron chi connectivity index (χ4n) is 1.25. The summed E-state index contributed by atoms with van der Waals surface area (Å²) in [5, 5.41) is -0.320. The maximum atomic E-state index is 11.4. The van der Waals surface area contributed by atoms with Gasteiger partial charge in [0.05, 0.1) is 5.25 Å². The first-order chi connectivity index (χ1) is 5.93.